The molecule has 98 valence electrons. The summed E-state index contributed by atoms with van der Waals surface area (Å²) in [5.41, 5.74) is 3.13. The van der Waals surface area contributed by atoms with Crippen LogP contribution in [0.15, 0.2) is 24.3 Å². The predicted octanol–water partition coefficient (Wildman–Crippen LogP) is 1.89. The topological polar surface area (TPSA) is 67.0 Å². The maximum Gasteiger partial charge on any atom is 0.255 e. The van der Waals surface area contributed by atoms with Gasteiger partial charge >= 0.3 is 0 Å². The lowest BCUT2D eigenvalue weighted by molar-refractivity contribution is 0.0929. The van der Waals surface area contributed by atoms with Crippen LogP contribution < -0.4 is 10.1 Å². The largest absolute Gasteiger partial charge is 0.491 e. The zero-order valence-corrected chi connectivity index (χ0v) is 10.9. The molecule has 1 aromatic carbocycles. The lowest BCUT2D eigenvalue weighted by Gasteiger charge is -2.11. The van der Waals surface area contributed by atoms with E-state index in [0.717, 1.165) is 17.0 Å². The van der Waals surface area contributed by atoms with Crippen molar-refractivity contribution in [1.82, 2.24) is 15.5 Å². The molecule has 0 saturated heterocycles. The van der Waals surface area contributed by atoms with Gasteiger partial charge in [-0.1, -0.05) is 18.2 Å². The van der Waals surface area contributed by atoms with Gasteiger partial charge in [0.25, 0.3) is 5.91 Å². The minimum absolute atomic E-state index is 0.0996. The zero-order chi connectivity index (χ0) is 13.4. The molecule has 1 amide bonds. The van der Waals surface area contributed by atoms with Crippen molar-refractivity contribution < 1.29 is 9.53 Å². The number of H-pyrrole nitrogens is 1. The van der Waals surface area contributed by atoms with E-state index in [9.17, 15) is 4.79 Å². The van der Waals surface area contributed by atoms with Crippen molar-refractivity contribution in [3.63, 3.8) is 0 Å². The Hall–Kier alpha value is -2.30. The number of hydrogen-bond acceptors (Lipinski definition) is 3. The van der Waals surface area contributed by atoms with Crippen LogP contribution in [-0.4, -0.2) is 22.7 Å². The average Bonchev–Trinajstić information content (AvgIpc) is 2.94. The van der Waals surface area contributed by atoms with E-state index < -0.39 is 0 Å². The minimum atomic E-state index is -0.117. The molecular formula is C14H15N3O2. The van der Waals surface area contributed by atoms with Gasteiger partial charge in [0.05, 0.1) is 17.3 Å². The number of para-hydroxylation sites is 1. The molecule has 1 aromatic heterocycles. The second-order valence-electron chi connectivity index (χ2n) is 4.68. The third-order valence-corrected chi connectivity index (χ3v) is 3.36. The first-order valence-corrected chi connectivity index (χ1v) is 6.21. The molecule has 3 rings (SSSR count). The molecule has 1 atom stereocenters. The van der Waals surface area contributed by atoms with Crippen molar-refractivity contribution in [2.45, 2.75) is 19.9 Å². The van der Waals surface area contributed by atoms with Gasteiger partial charge in [0.15, 0.2) is 0 Å². The van der Waals surface area contributed by atoms with Gasteiger partial charge in [-0.3, -0.25) is 9.89 Å². The molecule has 2 aromatic rings. The van der Waals surface area contributed by atoms with Gasteiger partial charge in [-0.2, -0.15) is 5.10 Å². The number of benzene rings is 1. The number of ether oxygens (including phenoxy) is 1. The molecule has 1 aliphatic rings. The minimum Gasteiger partial charge on any atom is -0.491 e. The fourth-order valence-electron chi connectivity index (χ4n) is 2.40. The van der Waals surface area contributed by atoms with Crippen LogP contribution in [0.3, 0.4) is 0 Å². The summed E-state index contributed by atoms with van der Waals surface area (Å²) in [6, 6.07) is 7.66. The molecule has 1 unspecified atom stereocenters. The van der Waals surface area contributed by atoms with E-state index in [1.807, 2.05) is 38.1 Å². The maximum absolute atomic E-state index is 12.3. The summed E-state index contributed by atoms with van der Waals surface area (Å²) in [6.45, 7) is 4.13. The van der Waals surface area contributed by atoms with Gasteiger partial charge in [0.1, 0.15) is 12.4 Å². The Labute approximate surface area is 111 Å². The molecule has 1 aliphatic heterocycles. The number of nitrogens with zero attached hydrogens (tertiary/aromatic N) is 1. The van der Waals surface area contributed by atoms with Crippen molar-refractivity contribution in [3.8, 4) is 5.75 Å². The Morgan fingerprint density at radius 2 is 2.21 bits per heavy atom. The van der Waals surface area contributed by atoms with Crippen LogP contribution in [0.1, 0.15) is 33.4 Å². The highest BCUT2D eigenvalue weighted by Crippen LogP contribution is 2.31. The first-order chi connectivity index (χ1) is 9.16. The van der Waals surface area contributed by atoms with Crippen molar-refractivity contribution in [2.24, 2.45) is 0 Å². The number of nitrogens with one attached hydrogen (secondary N) is 2. The summed E-state index contributed by atoms with van der Waals surface area (Å²) in [6.07, 6.45) is 0. The fraction of sp³-hybridized carbons (Fsp3) is 0.286. The summed E-state index contributed by atoms with van der Waals surface area (Å²) in [4.78, 5) is 12.3. The monoisotopic (exact) mass is 257 g/mol. The number of carbonyl (C=O) groups excluding carboxylic acids is 1. The van der Waals surface area contributed by atoms with Gasteiger partial charge in [0, 0.05) is 11.3 Å². The quantitative estimate of drug-likeness (QED) is 0.863. The van der Waals surface area contributed by atoms with Gasteiger partial charge in [-0.15, -0.1) is 0 Å². The van der Waals surface area contributed by atoms with Crippen LogP contribution in [0.5, 0.6) is 5.75 Å². The van der Waals surface area contributed by atoms with Crippen molar-refractivity contribution in [2.75, 3.05) is 6.61 Å². The number of fused-ring (bicyclic) bond motifs is 1. The van der Waals surface area contributed by atoms with E-state index in [1.54, 1.807) is 0 Å². The molecule has 0 aliphatic carbocycles. The third kappa shape index (κ3) is 1.97. The number of amides is 1. The fourth-order valence-corrected chi connectivity index (χ4v) is 2.40. The second-order valence-corrected chi connectivity index (χ2v) is 4.68. The second kappa shape index (κ2) is 4.42. The molecule has 5 heteroatoms. The van der Waals surface area contributed by atoms with Gasteiger partial charge in [-0.25, -0.2) is 0 Å². The van der Waals surface area contributed by atoms with Crippen molar-refractivity contribution in [3.05, 3.63) is 46.8 Å². The van der Waals surface area contributed by atoms with Crippen LogP contribution in [0, 0.1) is 13.8 Å². The Morgan fingerprint density at radius 3 is 2.95 bits per heavy atom. The average molecular weight is 257 g/mol. The summed E-state index contributed by atoms with van der Waals surface area (Å²) in [5.74, 6) is 0.725. The van der Waals surface area contributed by atoms with Gasteiger partial charge < -0.3 is 10.1 Å². The Bertz CT molecular complexity index is 614. The molecule has 0 bridgehead atoms. The van der Waals surface area contributed by atoms with Crippen LogP contribution in [-0.2, 0) is 0 Å². The first-order valence-electron chi connectivity index (χ1n) is 6.21. The van der Waals surface area contributed by atoms with E-state index >= 15 is 0 Å². The molecule has 2 heterocycles. The summed E-state index contributed by atoms with van der Waals surface area (Å²) < 4.78 is 5.55. The summed E-state index contributed by atoms with van der Waals surface area (Å²) in [7, 11) is 0. The Morgan fingerprint density at radius 1 is 1.42 bits per heavy atom. The summed E-state index contributed by atoms with van der Waals surface area (Å²) >= 11 is 0. The number of aromatic nitrogens is 2. The first kappa shape index (κ1) is 11.8. The number of aryl methyl sites for hydroxylation is 2. The van der Waals surface area contributed by atoms with E-state index in [1.165, 1.54) is 0 Å². The molecule has 19 heavy (non-hydrogen) atoms. The van der Waals surface area contributed by atoms with Crippen molar-refractivity contribution in [1.29, 1.82) is 0 Å². The zero-order valence-electron chi connectivity index (χ0n) is 10.9. The molecule has 0 radical (unpaired) electrons. The smallest absolute Gasteiger partial charge is 0.255 e. The van der Waals surface area contributed by atoms with E-state index in [4.69, 9.17) is 4.74 Å². The normalized spacial score (nSPS) is 16.8. The van der Waals surface area contributed by atoms with Crippen LogP contribution in [0.4, 0.5) is 0 Å². The molecular weight excluding hydrogens is 242 g/mol. The number of carbonyl (C=O) groups is 1. The Balaban J connectivity index is 1.82. The predicted molar refractivity (Wildman–Crippen MR) is 70.2 cm³/mol. The maximum atomic E-state index is 12.3. The van der Waals surface area contributed by atoms with E-state index in [0.29, 0.717) is 17.9 Å². The van der Waals surface area contributed by atoms with Crippen LogP contribution >= 0.6 is 0 Å². The number of aromatic amines is 1. The molecule has 5 nitrogen and oxygen atoms in total. The van der Waals surface area contributed by atoms with Gasteiger partial charge in [-0.05, 0) is 19.9 Å². The lowest BCUT2D eigenvalue weighted by Crippen LogP contribution is -2.30. The van der Waals surface area contributed by atoms with Crippen molar-refractivity contribution >= 4 is 5.91 Å². The van der Waals surface area contributed by atoms with Crippen LogP contribution in [0.2, 0.25) is 0 Å². The van der Waals surface area contributed by atoms with Gasteiger partial charge in [0.2, 0.25) is 0 Å². The Kier molecular flexibility index (Phi) is 2.74. The van der Waals surface area contributed by atoms with E-state index in [2.05, 4.69) is 15.5 Å². The number of rotatable bonds is 2. The molecule has 0 fully saturated rings. The SMILES string of the molecule is Cc1n[nH]c(C)c1C(=O)NC1COc2ccccc21. The highest BCUT2D eigenvalue weighted by atomic mass is 16.5. The molecule has 0 spiro atoms. The van der Waals surface area contributed by atoms with Crippen LogP contribution in [0.25, 0.3) is 0 Å². The molecule has 0 saturated carbocycles. The third-order valence-electron chi connectivity index (χ3n) is 3.36. The highest BCUT2D eigenvalue weighted by molar-refractivity contribution is 5.96. The highest BCUT2D eigenvalue weighted by Gasteiger charge is 2.26. The number of hydrogen-bond donors (Lipinski definition) is 2. The summed E-state index contributed by atoms with van der Waals surface area (Å²) in [5, 5.41) is 9.85. The standard InChI is InChI=1S/C14H15N3O2/c1-8-13(9(2)17-16-8)14(18)15-11-7-19-12-6-4-3-5-10(11)12/h3-6,11H,7H2,1-2H3,(H,15,18)(H,16,17). The molecule has 2 N–H and O–H groups in total. The lowest BCUT2D eigenvalue weighted by atomic mass is 10.1. The van der Waals surface area contributed by atoms with E-state index in [-0.39, 0.29) is 11.9 Å².